The summed E-state index contributed by atoms with van der Waals surface area (Å²) in [4.78, 5) is 0. The molecule has 0 bridgehead atoms. The SMILES string of the molecule is N#CC1COCCCN1. The lowest BCUT2D eigenvalue weighted by molar-refractivity contribution is 0.141. The van der Waals surface area contributed by atoms with E-state index < -0.39 is 0 Å². The number of hydrogen-bond acceptors (Lipinski definition) is 3. The maximum Gasteiger partial charge on any atom is 0.119 e. The molecule has 0 aliphatic carbocycles. The highest BCUT2D eigenvalue weighted by molar-refractivity contribution is 4.90. The fraction of sp³-hybridized carbons (Fsp3) is 0.833. The average Bonchev–Trinajstić information content (AvgIpc) is 2.13. The van der Waals surface area contributed by atoms with E-state index in [1.165, 1.54) is 0 Å². The first-order valence-corrected chi connectivity index (χ1v) is 3.14. The summed E-state index contributed by atoms with van der Waals surface area (Å²) in [6.07, 6.45) is 1.01. The quantitative estimate of drug-likeness (QED) is 0.492. The third-order valence-electron chi connectivity index (χ3n) is 1.30. The van der Waals surface area contributed by atoms with E-state index in [-0.39, 0.29) is 6.04 Å². The summed E-state index contributed by atoms with van der Waals surface area (Å²) in [5, 5.41) is 11.5. The van der Waals surface area contributed by atoms with Crippen molar-refractivity contribution in [2.75, 3.05) is 19.8 Å². The van der Waals surface area contributed by atoms with Gasteiger partial charge in [-0.05, 0) is 13.0 Å². The molecular weight excluding hydrogens is 116 g/mol. The van der Waals surface area contributed by atoms with Crippen LogP contribution in [0.5, 0.6) is 0 Å². The van der Waals surface area contributed by atoms with Gasteiger partial charge in [0.2, 0.25) is 0 Å². The lowest BCUT2D eigenvalue weighted by Crippen LogP contribution is -2.29. The normalized spacial score (nSPS) is 28.6. The molecule has 0 saturated carbocycles. The molecule has 1 heterocycles. The monoisotopic (exact) mass is 126 g/mol. The first-order valence-electron chi connectivity index (χ1n) is 3.14. The third kappa shape index (κ3) is 2.00. The molecule has 1 unspecified atom stereocenters. The van der Waals surface area contributed by atoms with Gasteiger partial charge in [0.15, 0.2) is 0 Å². The first kappa shape index (κ1) is 6.53. The van der Waals surface area contributed by atoms with Crippen molar-refractivity contribution in [3.63, 3.8) is 0 Å². The highest BCUT2D eigenvalue weighted by atomic mass is 16.5. The minimum absolute atomic E-state index is 0.0903. The zero-order chi connectivity index (χ0) is 6.53. The van der Waals surface area contributed by atoms with Crippen LogP contribution in [0.3, 0.4) is 0 Å². The highest BCUT2D eigenvalue weighted by Gasteiger charge is 2.08. The predicted octanol–water partition coefficient (Wildman–Crippen LogP) is -0.112. The Morgan fingerprint density at radius 2 is 2.56 bits per heavy atom. The molecule has 1 N–H and O–H groups in total. The van der Waals surface area contributed by atoms with Gasteiger partial charge in [-0.2, -0.15) is 5.26 Å². The molecular formula is C6H10N2O. The summed E-state index contributed by atoms with van der Waals surface area (Å²) >= 11 is 0. The molecule has 1 aliphatic heterocycles. The molecule has 1 rings (SSSR count). The number of nitriles is 1. The molecule has 9 heavy (non-hydrogen) atoms. The number of hydrogen-bond donors (Lipinski definition) is 1. The summed E-state index contributed by atoms with van der Waals surface area (Å²) in [7, 11) is 0. The second-order valence-corrected chi connectivity index (χ2v) is 2.06. The highest BCUT2D eigenvalue weighted by Crippen LogP contribution is 1.92. The van der Waals surface area contributed by atoms with E-state index in [9.17, 15) is 0 Å². The molecule has 0 radical (unpaired) electrons. The summed E-state index contributed by atoms with van der Waals surface area (Å²) in [6, 6.07) is 2.02. The molecule has 1 atom stereocenters. The molecule has 3 nitrogen and oxygen atoms in total. The number of ether oxygens (including phenoxy) is 1. The van der Waals surface area contributed by atoms with Crippen LogP contribution in [0.4, 0.5) is 0 Å². The maximum atomic E-state index is 8.42. The van der Waals surface area contributed by atoms with Crippen molar-refractivity contribution in [2.24, 2.45) is 0 Å². The van der Waals surface area contributed by atoms with E-state index in [2.05, 4.69) is 11.4 Å². The van der Waals surface area contributed by atoms with Crippen LogP contribution in [0.1, 0.15) is 6.42 Å². The van der Waals surface area contributed by atoms with Gasteiger partial charge in [-0.25, -0.2) is 0 Å². The van der Waals surface area contributed by atoms with E-state index in [4.69, 9.17) is 10.00 Å². The molecule has 0 spiro atoms. The predicted molar refractivity (Wildman–Crippen MR) is 32.8 cm³/mol. The fourth-order valence-electron chi connectivity index (χ4n) is 0.794. The summed E-state index contributed by atoms with van der Waals surface area (Å²) in [5.74, 6) is 0. The molecule has 1 saturated heterocycles. The van der Waals surface area contributed by atoms with Crippen LogP contribution in [0.15, 0.2) is 0 Å². The van der Waals surface area contributed by atoms with Gasteiger partial charge in [-0.15, -0.1) is 0 Å². The van der Waals surface area contributed by atoms with Gasteiger partial charge in [-0.3, -0.25) is 5.32 Å². The Morgan fingerprint density at radius 1 is 1.67 bits per heavy atom. The third-order valence-corrected chi connectivity index (χ3v) is 1.30. The molecule has 50 valence electrons. The van der Waals surface area contributed by atoms with Crippen LogP contribution in [0.25, 0.3) is 0 Å². The van der Waals surface area contributed by atoms with Crippen molar-refractivity contribution in [3.05, 3.63) is 0 Å². The van der Waals surface area contributed by atoms with Crippen molar-refractivity contribution < 1.29 is 4.74 Å². The van der Waals surface area contributed by atoms with Crippen LogP contribution in [0, 0.1) is 11.3 Å². The molecule has 0 aromatic carbocycles. The maximum absolute atomic E-state index is 8.42. The van der Waals surface area contributed by atoms with Crippen LogP contribution >= 0.6 is 0 Å². The molecule has 0 aromatic heterocycles. The van der Waals surface area contributed by atoms with Gasteiger partial charge < -0.3 is 4.74 Å². The number of nitrogens with one attached hydrogen (secondary N) is 1. The Labute approximate surface area is 54.6 Å². The van der Waals surface area contributed by atoms with E-state index in [0.717, 1.165) is 19.6 Å². The number of rotatable bonds is 0. The molecule has 0 amide bonds. The van der Waals surface area contributed by atoms with Gasteiger partial charge in [0.25, 0.3) is 0 Å². The van der Waals surface area contributed by atoms with E-state index >= 15 is 0 Å². The van der Waals surface area contributed by atoms with E-state index in [1.54, 1.807) is 0 Å². The molecule has 1 fully saturated rings. The van der Waals surface area contributed by atoms with E-state index in [0.29, 0.717) is 6.61 Å². The van der Waals surface area contributed by atoms with Crippen LogP contribution in [0.2, 0.25) is 0 Å². The van der Waals surface area contributed by atoms with E-state index in [1.807, 2.05) is 0 Å². The molecule has 0 aromatic rings. The van der Waals surface area contributed by atoms with Gasteiger partial charge in [-0.1, -0.05) is 0 Å². The minimum atomic E-state index is -0.0903. The summed E-state index contributed by atoms with van der Waals surface area (Å²) in [5.41, 5.74) is 0. The number of nitrogens with zero attached hydrogens (tertiary/aromatic N) is 1. The smallest absolute Gasteiger partial charge is 0.119 e. The Bertz CT molecular complexity index is 111. The van der Waals surface area contributed by atoms with Crippen LogP contribution in [-0.4, -0.2) is 25.8 Å². The lowest BCUT2D eigenvalue weighted by atomic mass is 10.3. The van der Waals surface area contributed by atoms with Crippen molar-refractivity contribution in [1.82, 2.24) is 5.32 Å². The van der Waals surface area contributed by atoms with Crippen molar-refractivity contribution in [3.8, 4) is 6.07 Å². The Hall–Kier alpha value is -0.590. The van der Waals surface area contributed by atoms with Gasteiger partial charge in [0, 0.05) is 6.61 Å². The molecule has 3 heteroatoms. The van der Waals surface area contributed by atoms with Gasteiger partial charge in [0.1, 0.15) is 6.04 Å². The second kappa shape index (κ2) is 3.44. The zero-order valence-electron chi connectivity index (χ0n) is 5.26. The van der Waals surface area contributed by atoms with Crippen LogP contribution < -0.4 is 5.32 Å². The fourth-order valence-corrected chi connectivity index (χ4v) is 0.794. The standard InChI is InChI=1S/C6H10N2O/c7-4-6-5-9-3-1-2-8-6/h6,8H,1-3,5H2. The molecule has 1 aliphatic rings. The van der Waals surface area contributed by atoms with Crippen molar-refractivity contribution in [1.29, 1.82) is 5.26 Å². The largest absolute Gasteiger partial charge is 0.379 e. The minimum Gasteiger partial charge on any atom is -0.379 e. The van der Waals surface area contributed by atoms with Crippen molar-refractivity contribution in [2.45, 2.75) is 12.5 Å². The zero-order valence-corrected chi connectivity index (χ0v) is 5.26. The Morgan fingerprint density at radius 3 is 3.33 bits per heavy atom. The van der Waals surface area contributed by atoms with Crippen molar-refractivity contribution >= 4 is 0 Å². The Balaban J connectivity index is 2.29. The lowest BCUT2D eigenvalue weighted by Gasteiger charge is -2.02. The first-order chi connectivity index (χ1) is 4.43. The second-order valence-electron chi connectivity index (χ2n) is 2.06. The average molecular weight is 126 g/mol. The topological polar surface area (TPSA) is 45.0 Å². The Kier molecular flexibility index (Phi) is 2.49. The summed E-state index contributed by atoms with van der Waals surface area (Å²) in [6.45, 7) is 2.22. The summed E-state index contributed by atoms with van der Waals surface area (Å²) < 4.78 is 5.11. The van der Waals surface area contributed by atoms with Gasteiger partial charge >= 0.3 is 0 Å². The van der Waals surface area contributed by atoms with Gasteiger partial charge in [0.05, 0.1) is 12.7 Å². The van der Waals surface area contributed by atoms with Crippen LogP contribution in [-0.2, 0) is 4.74 Å².